The van der Waals surface area contributed by atoms with Crippen LogP contribution in [0.5, 0.6) is 23.0 Å². The zero-order chi connectivity index (χ0) is 22.4. The zero-order valence-corrected chi connectivity index (χ0v) is 18.7. The van der Waals surface area contributed by atoms with E-state index >= 15 is 0 Å². The zero-order valence-electron chi connectivity index (χ0n) is 17.9. The van der Waals surface area contributed by atoms with Crippen molar-refractivity contribution in [2.75, 3.05) is 40.3 Å². The minimum atomic E-state index is -0.384. The van der Waals surface area contributed by atoms with Crippen molar-refractivity contribution >= 4 is 35.0 Å². The van der Waals surface area contributed by atoms with E-state index in [1.54, 1.807) is 52.7 Å². The maximum absolute atomic E-state index is 12.5. The van der Waals surface area contributed by atoms with Gasteiger partial charge >= 0.3 is 0 Å². The molecule has 0 aromatic heterocycles. The summed E-state index contributed by atoms with van der Waals surface area (Å²) in [6, 6.07) is 8.96. The number of rotatable bonds is 8. The van der Waals surface area contributed by atoms with E-state index in [9.17, 15) is 4.79 Å². The maximum atomic E-state index is 12.5. The highest BCUT2D eigenvalue weighted by atomic mass is 32.1. The third kappa shape index (κ3) is 5.05. The van der Waals surface area contributed by atoms with E-state index in [1.165, 1.54) is 0 Å². The number of thiocarbonyl (C=S) groups is 1. The van der Waals surface area contributed by atoms with Gasteiger partial charge in [-0.1, -0.05) is 6.08 Å². The molecule has 2 N–H and O–H groups in total. The van der Waals surface area contributed by atoms with Gasteiger partial charge in [-0.15, -0.1) is 0 Å². The van der Waals surface area contributed by atoms with Gasteiger partial charge in [-0.25, -0.2) is 4.99 Å². The van der Waals surface area contributed by atoms with Crippen LogP contribution in [0.1, 0.15) is 6.42 Å². The number of fused-ring (bicyclic) bond motifs is 1. The van der Waals surface area contributed by atoms with Crippen LogP contribution in [0, 0.1) is 5.92 Å². The van der Waals surface area contributed by atoms with Crippen LogP contribution in [0.3, 0.4) is 0 Å². The molecule has 0 bridgehead atoms. The molecule has 1 heterocycles. The van der Waals surface area contributed by atoms with Gasteiger partial charge in [-0.3, -0.25) is 4.79 Å². The molecule has 1 unspecified atom stereocenters. The predicted molar refractivity (Wildman–Crippen MR) is 122 cm³/mol. The van der Waals surface area contributed by atoms with E-state index in [4.69, 9.17) is 31.2 Å². The summed E-state index contributed by atoms with van der Waals surface area (Å²) in [5, 5.41) is 7.91. The van der Waals surface area contributed by atoms with Crippen molar-refractivity contribution in [3.8, 4) is 23.0 Å². The summed E-state index contributed by atoms with van der Waals surface area (Å²) < 4.78 is 21.3. The first-order chi connectivity index (χ1) is 15.0. The van der Waals surface area contributed by atoms with E-state index < -0.39 is 0 Å². The number of amides is 1. The fourth-order valence-corrected chi connectivity index (χ4v) is 3.51. The highest BCUT2D eigenvalue weighted by Crippen LogP contribution is 2.29. The Balaban J connectivity index is 1.64. The second kappa shape index (κ2) is 10.1. The summed E-state index contributed by atoms with van der Waals surface area (Å²) in [4.78, 5) is 16.8. The molecule has 0 radical (unpaired) electrons. The van der Waals surface area contributed by atoms with Gasteiger partial charge in [0.05, 0.1) is 34.4 Å². The number of ether oxygens (including phenoxy) is 4. The Hall–Kier alpha value is -3.33. The Morgan fingerprint density at radius 2 is 1.61 bits per heavy atom. The fraction of sp³-hybridized carbons (Fsp3) is 0.318. The topological polar surface area (TPSA) is 90.4 Å². The first-order valence-corrected chi connectivity index (χ1v) is 10.0. The minimum absolute atomic E-state index is 0.223. The van der Waals surface area contributed by atoms with Crippen molar-refractivity contribution in [2.24, 2.45) is 10.9 Å². The van der Waals surface area contributed by atoms with Crippen molar-refractivity contribution in [1.29, 1.82) is 0 Å². The lowest BCUT2D eigenvalue weighted by molar-refractivity contribution is -0.120. The van der Waals surface area contributed by atoms with Crippen LogP contribution in [0.15, 0.2) is 35.3 Å². The number of carbonyl (C=O) groups is 1. The molecule has 3 rings (SSSR count). The van der Waals surface area contributed by atoms with Gasteiger partial charge in [0.25, 0.3) is 5.91 Å². The quantitative estimate of drug-likeness (QED) is 0.596. The molecular weight excluding hydrogens is 418 g/mol. The van der Waals surface area contributed by atoms with Crippen molar-refractivity contribution in [1.82, 2.24) is 5.32 Å². The first kappa shape index (κ1) is 22.4. The van der Waals surface area contributed by atoms with Crippen LogP contribution < -0.4 is 40.2 Å². The lowest BCUT2D eigenvalue weighted by Gasteiger charge is -2.16. The SMILES string of the molecule is COc1ccc(NC(=S)NCCC2C=c3c(OC)ccc(OC)c3=NC2=O)cc1OC. The van der Waals surface area contributed by atoms with Gasteiger partial charge in [-0.05, 0) is 42.9 Å². The van der Waals surface area contributed by atoms with Gasteiger partial charge in [0.1, 0.15) is 16.9 Å². The molecule has 0 saturated heterocycles. The molecule has 0 spiro atoms. The molecule has 0 saturated carbocycles. The average Bonchev–Trinajstić information content (AvgIpc) is 2.78. The van der Waals surface area contributed by atoms with Crippen LogP contribution >= 0.6 is 12.2 Å². The van der Waals surface area contributed by atoms with Crippen LogP contribution in [0.2, 0.25) is 0 Å². The molecule has 1 aliphatic rings. The molecule has 0 aliphatic carbocycles. The van der Waals surface area contributed by atoms with Crippen molar-refractivity contribution in [2.45, 2.75) is 6.42 Å². The van der Waals surface area contributed by atoms with Crippen LogP contribution in [0.4, 0.5) is 5.69 Å². The Kier molecular flexibility index (Phi) is 7.30. The van der Waals surface area contributed by atoms with Crippen molar-refractivity contribution in [3.05, 3.63) is 40.9 Å². The van der Waals surface area contributed by atoms with Gasteiger partial charge in [0.15, 0.2) is 16.6 Å². The van der Waals surface area contributed by atoms with Crippen LogP contribution in [0.25, 0.3) is 6.08 Å². The summed E-state index contributed by atoms with van der Waals surface area (Å²) in [5.41, 5.74) is 0.760. The first-order valence-electron chi connectivity index (χ1n) is 9.63. The van der Waals surface area contributed by atoms with Gasteiger partial charge in [-0.2, -0.15) is 0 Å². The number of methoxy groups -OCH3 is 4. The standard InChI is InChI=1S/C22H25N3O5S/c1-27-16-7-8-18(29-3)20-15(16)11-13(21(26)25-20)9-10-23-22(31)24-14-5-6-17(28-2)19(12-14)30-4/h5-8,11-13H,9-10H2,1-4H3,(H2,23,24,31). The van der Waals surface area contributed by atoms with E-state index in [0.29, 0.717) is 46.4 Å². The second-order valence-electron chi connectivity index (χ2n) is 6.69. The smallest absolute Gasteiger partial charge is 0.253 e. The molecule has 164 valence electrons. The number of hydrogen-bond acceptors (Lipinski definition) is 6. The molecule has 2 aromatic rings. The van der Waals surface area contributed by atoms with Crippen molar-refractivity contribution in [3.63, 3.8) is 0 Å². The molecule has 1 amide bonds. The second-order valence-corrected chi connectivity index (χ2v) is 7.10. The lowest BCUT2D eigenvalue weighted by Crippen LogP contribution is -2.37. The molecule has 1 atom stereocenters. The molecule has 2 aromatic carbocycles. The van der Waals surface area contributed by atoms with E-state index in [-0.39, 0.29) is 11.8 Å². The largest absolute Gasteiger partial charge is 0.496 e. The number of nitrogens with one attached hydrogen (secondary N) is 2. The Bertz CT molecular complexity index is 1100. The van der Waals surface area contributed by atoms with E-state index in [2.05, 4.69) is 15.6 Å². The fourth-order valence-electron chi connectivity index (χ4n) is 3.29. The number of hydrogen-bond donors (Lipinski definition) is 2. The highest BCUT2D eigenvalue weighted by Gasteiger charge is 2.21. The number of anilines is 1. The van der Waals surface area contributed by atoms with E-state index in [0.717, 1.165) is 10.9 Å². The predicted octanol–water partition coefficient (Wildman–Crippen LogP) is 1.65. The van der Waals surface area contributed by atoms with Crippen molar-refractivity contribution < 1.29 is 23.7 Å². The van der Waals surface area contributed by atoms with Gasteiger partial charge in [0, 0.05) is 23.5 Å². The maximum Gasteiger partial charge on any atom is 0.253 e. The summed E-state index contributed by atoms with van der Waals surface area (Å²) in [7, 11) is 6.28. The summed E-state index contributed by atoms with van der Waals surface area (Å²) in [5.74, 6) is 1.81. The van der Waals surface area contributed by atoms with Crippen LogP contribution in [-0.2, 0) is 4.79 Å². The highest BCUT2D eigenvalue weighted by molar-refractivity contribution is 7.80. The number of carbonyl (C=O) groups excluding carboxylic acids is 1. The number of benzene rings is 2. The molecular formula is C22H25N3O5S. The molecule has 31 heavy (non-hydrogen) atoms. The van der Waals surface area contributed by atoms with Gasteiger partial charge < -0.3 is 29.6 Å². The third-order valence-corrected chi connectivity index (χ3v) is 5.12. The molecule has 8 nitrogen and oxygen atoms in total. The van der Waals surface area contributed by atoms with E-state index in [1.807, 2.05) is 12.1 Å². The Morgan fingerprint density at radius 3 is 2.29 bits per heavy atom. The molecule has 0 fully saturated rings. The average molecular weight is 444 g/mol. The summed E-state index contributed by atoms with van der Waals surface area (Å²) >= 11 is 5.36. The lowest BCUT2D eigenvalue weighted by atomic mass is 9.99. The summed E-state index contributed by atoms with van der Waals surface area (Å²) in [6.07, 6.45) is 2.40. The minimum Gasteiger partial charge on any atom is -0.496 e. The molecule has 9 heteroatoms. The van der Waals surface area contributed by atoms with Crippen LogP contribution in [-0.4, -0.2) is 46.0 Å². The monoisotopic (exact) mass is 443 g/mol. The Morgan fingerprint density at radius 1 is 0.968 bits per heavy atom. The third-order valence-electron chi connectivity index (χ3n) is 4.87. The summed E-state index contributed by atoms with van der Waals surface area (Å²) in [6.45, 7) is 0.489. The Labute approximate surface area is 185 Å². The van der Waals surface area contributed by atoms with Gasteiger partial charge in [0.2, 0.25) is 0 Å². The molecule has 1 aliphatic heterocycles. The number of nitrogens with zero attached hydrogens (tertiary/aromatic N) is 1. The normalized spacial score (nSPS) is 14.5.